The SMILES string of the molecule is CCNC(=O)c1c(I)cc(I)c(OC(CC)C(=O)[O-])c1I.[Na+]. The maximum absolute atomic E-state index is 12.1. The Kier molecular flexibility index (Phi) is 11.5. The zero-order chi connectivity index (χ0) is 16.2. The number of benzene rings is 1. The van der Waals surface area contributed by atoms with Crippen LogP contribution in [0.5, 0.6) is 5.75 Å². The Morgan fingerprint density at radius 2 is 1.86 bits per heavy atom. The van der Waals surface area contributed by atoms with E-state index in [2.05, 4.69) is 50.5 Å². The first-order valence-corrected chi connectivity index (χ1v) is 9.40. The predicted molar refractivity (Wildman–Crippen MR) is 102 cm³/mol. The van der Waals surface area contributed by atoms with Gasteiger partial charge in [0.1, 0.15) is 11.9 Å². The molecule has 1 amide bonds. The summed E-state index contributed by atoms with van der Waals surface area (Å²) in [5, 5.41) is 13.8. The molecule has 1 unspecified atom stereocenters. The van der Waals surface area contributed by atoms with E-state index in [1.165, 1.54) is 0 Å². The third-order valence-corrected chi connectivity index (χ3v) is 5.27. The van der Waals surface area contributed by atoms with E-state index in [9.17, 15) is 14.7 Å². The maximum atomic E-state index is 12.1. The van der Waals surface area contributed by atoms with E-state index in [-0.39, 0.29) is 41.9 Å². The third-order valence-electron chi connectivity index (χ3n) is 2.59. The van der Waals surface area contributed by atoms with Gasteiger partial charge >= 0.3 is 29.6 Å². The molecule has 22 heavy (non-hydrogen) atoms. The minimum Gasteiger partial charge on any atom is -0.546 e. The molecule has 0 heterocycles. The molecular weight excluding hydrogens is 638 g/mol. The van der Waals surface area contributed by atoms with Crippen molar-refractivity contribution in [1.29, 1.82) is 0 Å². The molecule has 0 spiro atoms. The number of hydrogen-bond donors (Lipinski definition) is 1. The number of aliphatic carboxylic acids is 1. The van der Waals surface area contributed by atoms with E-state index in [0.29, 0.717) is 21.4 Å². The molecule has 1 atom stereocenters. The van der Waals surface area contributed by atoms with E-state index in [1.807, 2.05) is 29.5 Å². The number of halogens is 3. The normalized spacial score (nSPS) is 11.3. The number of hydrogen-bond acceptors (Lipinski definition) is 4. The molecule has 0 aliphatic carbocycles. The number of carbonyl (C=O) groups is 2. The summed E-state index contributed by atoms with van der Waals surface area (Å²) in [7, 11) is 0. The molecular formula is C13H13I3NNaO4. The third kappa shape index (κ3) is 5.90. The Hall–Kier alpha value is 1.15. The van der Waals surface area contributed by atoms with Crippen LogP contribution in [0.1, 0.15) is 30.6 Å². The molecule has 1 aromatic carbocycles. The molecule has 1 rings (SSSR count). The fraction of sp³-hybridized carbons (Fsp3) is 0.385. The quantitative estimate of drug-likeness (QED) is 0.322. The zero-order valence-electron chi connectivity index (χ0n) is 12.3. The van der Waals surface area contributed by atoms with Gasteiger partial charge in [0.25, 0.3) is 5.91 Å². The van der Waals surface area contributed by atoms with Gasteiger partial charge in [-0.25, -0.2) is 0 Å². The van der Waals surface area contributed by atoms with Crippen LogP contribution in [0.2, 0.25) is 0 Å². The molecule has 0 aromatic heterocycles. The van der Waals surface area contributed by atoms with Crippen LogP contribution < -0.4 is 44.7 Å². The predicted octanol–water partition coefficient (Wildman–Crippen LogP) is -0.839. The summed E-state index contributed by atoms with van der Waals surface area (Å²) in [5.74, 6) is -1.05. The smallest absolute Gasteiger partial charge is 0.546 e. The number of carbonyl (C=O) groups excluding carboxylic acids is 2. The van der Waals surface area contributed by atoms with Crippen LogP contribution in [0.4, 0.5) is 0 Å². The van der Waals surface area contributed by atoms with Crippen molar-refractivity contribution in [2.45, 2.75) is 26.4 Å². The Morgan fingerprint density at radius 1 is 1.27 bits per heavy atom. The molecule has 0 saturated heterocycles. The van der Waals surface area contributed by atoms with E-state index >= 15 is 0 Å². The van der Waals surface area contributed by atoms with Gasteiger partial charge in [-0.15, -0.1) is 0 Å². The van der Waals surface area contributed by atoms with Gasteiger partial charge in [0.2, 0.25) is 0 Å². The monoisotopic (exact) mass is 651 g/mol. The summed E-state index contributed by atoms with van der Waals surface area (Å²) < 4.78 is 7.71. The number of nitrogens with one attached hydrogen (secondary N) is 1. The average molecular weight is 651 g/mol. The fourth-order valence-electron chi connectivity index (χ4n) is 1.58. The number of amides is 1. The van der Waals surface area contributed by atoms with Crippen molar-refractivity contribution in [3.05, 3.63) is 22.3 Å². The number of ether oxygens (including phenoxy) is 1. The van der Waals surface area contributed by atoms with Crippen LogP contribution in [-0.4, -0.2) is 24.5 Å². The Balaban J connectivity index is 0.00000441. The molecule has 9 heteroatoms. The van der Waals surface area contributed by atoms with Crippen molar-refractivity contribution < 1.29 is 49.0 Å². The van der Waals surface area contributed by atoms with Crippen LogP contribution in [-0.2, 0) is 4.79 Å². The summed E-state index contributed by atoms with van der Waals surface area (Å²) >= 11 is 6.16. The molecule has 0 aliphatic rings. The molecule has 0 aliphatic heterocycles. The Bertz CT molecular complexity index is 569. The van der Waals surface area contributed by atoms with Crippen LogP contribution in [0.3, 0.4) is 0 Å². The van der Waals surface area contributed by atoms with Gasteiger partial charge in [0, 0.05) is 10.1 Å². The minimum atomic E-state index is -1.26. The van der Waals surface area contributed by atoms with E-state index in [1.54, 1.807) is 13.0 Å². The first-order chi connectivity index (χ1) is 9.83. The average Bonchev–Trinajstić information content (AvgIpc) is 2.38. The second kappa shape index (κ2) is 10.9. The summed E-state index contributed by atoms with van der Waals surface area (Å²) in [6.45, 7) is 4.06. The van der Waals surface area contributed by atoms with Gasteiger partial charge < -0.3 is 20.0 Å². The van der Waals surface area contributed by atoms with Gasteiger partial charge in [-0.3, -0.25) is 4.79 Å². The first kappa shape index (κ1) is 23.1. The molecule has 5 nitrogen and oxygen atoms in total. The topological polar surface area (TPSA) is 78.5 Å². The number of carboxylic acid groups (broad SMARTS) is 1. The van der Waals surface area contributed by atoms with Crippen LogP contribution in [0.15, 0.2) is 6.07 Å². The molecule has 0 fully saturated rings. The van der Waals surface area contributed by atoms with Crippen molar-refractivity contribution in [2.24, 2.45) is 0 Å². The minimum absolute atomic E-state index is 0. The Morgan fingerprint density at radius 3 is 2.32 bits per heavy atom. The summed E-state index contributed by atoms with van der Waals surface area (Å²) in [6, 6.07) is 1.80. The summed E-state index contributed by atoms with van der Waals surface area (Å²) in [4.78, 5) is 23.2. The van der Waals surface area contributed by atoms with E-state index < -0.39 is 12.1 Å². The van der Waals surface area contributed by atoms with Crippen molar-refractivity contribution in [1.82, 2.24) is 5.32 Å². The van der Waals surface area contributed by atoms with Crippen LogP contribution >= 0.6 is 67.8 Å². The Labute approximate surface area is 192 Å². The largest absolute Gasteiger partial charge is 1.00 e. The van der Waals surface area contributed by atoms with Crippen molar-refractivity contribution in [3.8, 4) is 5.75 Å². The second-order valence-corrected chi connectivity index (χ2v) is 7.45. The molecule has 0 radical (unpaired) electrons. The molecule has 0 saturated carbocycles. The number of rotatable bonds is 6. The van der Waals surface area contributed by atoms with Crippen molar-refractivity contribution >= 4 is 79.6 Å². The van der Waals surface area contributed by atoms with Gasteiger partial charge in [-0.1, -0.05) is 6.92 Å². The molecule has 116 valence electrons. The van der Waals surface area contributed by atoms with Crippen LogP contribution in [0.25, 0.3) is 0 Å². The van der Waals surface area contributed by atoms with Gasteiger partial charge in [0.05, 0.1) is 18.7 Å². The summed E-state index contributed by atoms with van der Waals surface area (Å²) in [5.41, 5.74) is 0.502. The maximum Gasteiger partial charge on any atom is 1.00 e. The molecule has 1 aromatic rings. The number of carboxylic acids is 1. The van der Waals surface area contributed by atoms with E-state index in [0.717, 1.165) is 7.14 Å². The van der Waals surface area contributed by atoms with Crippen LogP contribution in [0, 0.1) is 10.7 Å². The van der Waals surface area contributed by atoms with Gasteiger partial charge in [-0.2, -0.15) is 0 Å². The zero-order valence-corrected chi connectivity index (χ0v) is 20.8. The second-order valence-electron chi connectivity index (χ2n) is 4.05. The van der Waals surface area contributed by atoms with Gasteiger partial charge in [0.15, 0.2) is 0 Å². The van der Waals surface area contributed by atoms with Gasteiger partial charge in [-0.05, 0) is 87.2 Å². The summed E-state index contributed by atoms with van der Waals surface area (Å²) in [6.07, 6.45) is -0.745. The van der Waals surface area contributed by atoms with E-state index in [4.69, 9.17) is 4.74 Å². The van der Waals surface area contributed by atoms with Crippen molar-refractivity contribution in [3.63, 3.8) is 0 Å². The first-order valence-electron chi connectivity index (χ1n) is 6.16. The molecule has 1 N–H and O–H groups in total. The molecule has 0 bridgehead atoms. The fourth-order valence-corrected chi connectivity index (χ4v) is 5.69. The van der Waals surface area contributed by atoms with Crippen molar-refractivity contribution in [2.75, 3.05) is 6.54 Å². The standard InChI is InChI=1S/C13H14I3NO4.Na/c1-3-8(13(19)20)21-11-7(15)5-6(14)9(10(11)16)12(18)17-4-2;/h5,8H,3-4H2,1-2H3,(H,17,18)(H,19,20);/q;+1/p-1.